The zero-order valence-corrected chi connectivity index (χ0v) is 16.0. The second kappa shape index (κ2) is 7.28. The minimum atomic E-state index is -0.177. The van der Waals surface area contributed by atoms with Gasteiger partial charge in [0, 0.05) is 30.4 Å². The molecule has 0 unspecified atom stereocenters. The van der Waals surface area contributed by atoms with Crippen LogP contribution < -0.4 is 10.3 Å². The number of nitrogens with zero attached hydrogens (tertiary/aromatic N) is 4. The first kappa shape index (κ1) is 17.4. The van der Waals surface area contributed by atoms with Gasteiger partial charge in [0.2, 0.25) is 0 Å². The molecule has 0 atom stereocenters. The Kier molecular flexibility index (Phi) is 4.68. The molecule has 0 aliphatic carbocycles. The Balaban J connectivity index is 1.48. The largest absolute Gasteiger partial charge is 0.298 e. The van der Waals surface area contributed by atoms with Crippen molar-refractivity contribution in [3.63, 3.8) is 0 Å². The molecule has 27 heavy (non-hydrogen) atoms. The first-order valence-corrected chi connectivity index (χ1v) is 9.53. The number of hydrazone groups is 1. The number of benzene rings is 1. The van der Waals surface area contributed by atoms with Crippen LogP contribution in [0.25, 0.3) is 10.6 Å². The van der Waals surface area contributed by atoms with Crippen molar-refractivity contribution in [1.82, 2.24) is 9.97 Å². The minimum Gasteiger partial charge on any atom is -0.298 e. The summed E-state index contributed by atoms with van der Waals surface area (Å²) < 4.78 is 0. The smallest absolute Gasteiger partial charge is 0.257 e. The zero-order valence-electron chi connectivity index (χ0n) is 15.1. The Morgan fingerprint density at radius 1 is 1.15 bits per heavy atom. The lowest BCUT2D eigenvalue weighted by Crippen LogP contribution is -2.14. The maximum absolute atomic E-state index is 12.6. The van der Waals surface area contributed by atoms with Crippen LogP contribution in [0.3, 0.4) is 0 Å². The fraction of sp³-hybridized carbons (Fsp3) is 0.200. The highest BCUT2D eigenvalue weighted by molar-refractivity contribution is 7.19. The Labute approximate surface area is 161 Å². The van der Waals surface area contributed by atoms with Gasteiger partial charge in [-0.25, -0.2) is 4.98 Å². The van der Waals surface area contributed by atoms with E-state index >= 15 is 0 Å². The molecule has 0 bridgehead atoms. The van der Waals surface area contributed by atoms with E-state index in [2.05, 4.69) is 20.4 Å². The van der Waals surface area contributed by atoms with Gasteiger partial charge in [-0.15, -0.1) is 0 Å². The molecule has 3 aromatic rings. The van der Waals surface area contributed by atoms with E-state index in [1.807, 2.05) is 61.3 Å². The second-order valence-electron chi connectivity index (χ2n) is 6.36. The number of aryl methyl sites for hydroxylation is 1. The van der Waals surface area contributed by atoms with Crippen LogP contribution in [-0.2, 0) is 0 Å². The molecule has 136 valence electrons. The maximum Gasteiger partial charge on any atom is 0.257 e. The van der Waals surface area contributed by atoms with Crippen LogP contribution in [-0.4, -0.2) is 28.1 Å². The number of carbonyl (C=O) groups is 1. The van der Waals surface area contributed by atoms with Crippen molar-refractivity contribution in [2.45, 2.75) is 20.3 Å². The van der Waals surface area contributed by atoms with Crippen molar-refractivity contribution < 1.29 is 4.79 Å². The fourth-order valence-electron chi connectivity index (χ4n) is 2.90. The lowest BCUT2D eigenvalue weighted by atomic mass is 10.2. The normalized spacial score (nSPS) is 13.6. The van der Waals surface area contributed by atoms with Gasteiger partial charge in [-0.3, -0.25) is 20.1 Å². The number of thiazole rings is 1. The van der Waals surface area contributed by atoms with Crippen molar-refractivity contribution in [1.29, 1.82) is 0 Å². The summed E-state index contributed by atoms with van der Waals surface area (Å²) in [7, 11) is 0. The highest BCUT2D eigenvalue weighted by atomic mass is 32.1. The van der Waals surface area contributed by atoms with E-state index in [4.69, 9.17) is 0 Å². The summed E-state index contributed by atoms with van der Waals surface area (Å²) in [5.74, 6) is -0.177. The quantitative estimate of drug-likeness (QED) is 0.734. The Bertz CT molecular complexity index is 995. The van der Waals surface area contributed by atoms with E-state index in [9.17, 15) is 4.79 Å². The van der Waals surface area contributed by atoms with E-state index in [1.54, 1.807) is 6.20 Å². The molecule has 1 N–H and O–H groups in total. The predicted molar refractivity (Wildman–Crippen MR) is 110 cm³/mol. The molecule has 6 nitrogen and oxygen atoms in total. The van der Waals surface area contributed by atoms with Crippen LogP contribution in [0, 0.1) is 6.92 Å². The number of anilines is 2. The Morgan fingerprint density at radius 2 is 1.96 bits per heavy atom. The molecular formula is C20H19N5OS. The summed E-state index contributed by atoms with van der Waals surface area (Å²) in [6.45, 7) is 4.83. The maximum atomic E-state index is 12.6. The number of rotatable bonds is 4. The number of carbonyl (C=O) groups excluding carboxylic acids is 1. The van der Waals surface area contributed by atoms with Crippen LogP contribution in [0.1, 0.15) is 29.4 Å². The van der Waals surface area contributed by atoms with E-state index < -0.39 is 0 Å². The lowest BCUT2D eigenvalue weighted by molar-refractivity contribution is 0.102. The van der Waals surface area contributed by atoms with E-state index in [1.165, 1.54) is 11.3 Å². The number of pyridine rings is 1. The summed E-state index contributed by atoms with van der Waals surface area (Å²) in [6.07, 6.45) is 2.73. The van der Waals surface area contributed by atoms with Crippen LogP contribution in [0.5, 0.6) is 0 Å². The van der Waals surface area contributed by atoms with Gasteiger partial charge < -0.3 is 0 Å². The highest BCUT2D eigenvalue weighted by Gasteiger charge is 2.16. The highest BCUT2D eigenvalue weighted by Crippen LogP contribution is 2.31. The molecule has 1 aliphatic rings. The summed E-state index contributed by atoms with van der Waals surface area (Å²) in [5, 5.41) is 9.89. The third kappa shape index (κ3) is 3.73. The van der Waals surface area contributed by atoms with E-state index in [0.717, 1.165) is 40.6 Å². The summed E-state index contributed by atoms with van der Waals surface area (Å²) in [6, 6.07) is 13.2. The molecule has 4 rings (SSSR count). The van der Waals surface area contributed by atoms with Crippen LogP contribution in [0.15, 0.2) is 53.8 Å². The molecule has 0 fully saturated rings. The van der Waals surface area contributed by atoms with Crippen molar-refractivity contribution in [2.24, 2.45) is 5.10 Å². The van der Waals surface area contributed by atoms with Crippen molar-refractivity contribution >= 4 is 33.8 Å². The molecule has 1 aliphatic heterocycles. The first-order chi connectivity index (χ1) is 13.1. The molecule has 0 radical (unpaired) electrons. The van der Waals surface area contributed by atoms with Gasteiger partial charge in [0.1, 0.15) is 0 Å². The number of hydrogen-bond acceptors (Lipinski definition) is 6. The standard InChI is InChI=1S/C20H19N5OS/c1-13-10-12-25(24-13)16-8-6-15(7-9-16)19(26)23-20-22-14(2)18(27-20)17-5-3-4-11-21-17/h3-9,11H,10,12H2,1-2H3,(H,22,23,26). The number of amides is 1. The van der Waals surface area contributed by atoms with Crippen molar-refractivity contribution in [3.05, 3.63) is 59.9 Å². The van der Waals surface area contributed by atoms with E-state index in [-0.39, 0.29) is 5.91 Å². The van der Waals surface area contributed by atoms with E-state index in [0.29, 0.717) is 10.7 Å². The molecule has 0 saturated heterocycles. The van der Waals surface area contributed by atoms with Crippen molar-refractivity contribution in [3.8, 4) is 10.6 Å². The molecule has 1 amide bonds. The molecule has 0 saturated carbocycles. The SMILES string of the molecule is CC1=NN(c2ccc(C(=O)Nc3nc(C)c(-c4ccccn4)s3)cc2)CC1. The van der Waals surface area contributed by atoms with Crippen LogP contribution in [0.4, 0.5) is 10.8 Å². The molecule has 3 heterocycles. The summed E-state index contributed by atoms with van der Waals surface area (Å²) in [5.41, 5.74) is 4.42. The van der Waals surface area contributed by atoms with Crippen LogP contribution >= 0.6 is 11.3 Å². The predicted octanol–water partition coefficient (Wildman–Crippen LogP) is 4.35. The number of hydrogen-bond donors (Lipinski definition) is 1. The average Bonchev–Trinajstić information content (AvgIpc) is 3.28. The molecule has 1 aromatic carbocycles. The molecule has 0 spiro atoms. The molecule has 2 aromatic heterocycles. The zero-order chi connectivity index (χ0) is 18.8. The second-order valence-corrected chi connectivity index (χ2v) is 7.36. The molecular weight excluding hydrogens is 358 g/mol. The monoisotopic (exact) mass is 377 g/mol. The van der Waals surface area contributed by atoms with Gasteiger partial charge in [0.25, 0.3) is 5.91 Å². The third-order valence-corrected chi connectivity index (χ3v) is 5.41. The van der Waals surface area contributed by atoms with Crippen molar-refractivity contribution in [2.75, 3.05) is 16.9 Å². The first-order valence-electron chi connectivity index (χ1n) is 8.72. The average molecular weight is 377 g/mol. The van der Waals surface area contributed by atoms with Gasteiger partial charge in [-0.2, -0.15) is 5.10 Å². The van der Waals surface area contributed by atoms with Gasteiger partial charge in [0.15, 0.2) is 5.13 Å². The van der Waals surface area contributed by atoms with Gasteiger partial charge >= 0.3 is 0 Å². The van der Waals surface area contributed by atoms with Gasteiger partial charge in [-0.05, 0) is 50.2 Å². The van der Waals surface area contributed by atoms with Gasteiger partial charge in [0.05, 0.1) is 22.0 Å². The van der Waals surface area contributed by atoms with Crippen LogP contribution in [0.2, 0.25) is 0 Å². The Hall–Kier alpha value is -3.06. The molecule has 7 heteroatoms. The van der Waals surface area contributed by atoms with Gasteiger partial charge in [-0.1, -0.05) is 17.4 Å². The lowest BCUT2D eigenvalue weighted by Gasteiger charge is -2.13. The third-order valence-electron chi connectivity index (χ3n) is 4.32. The number of nitrogens with one attached hydrogen (secondary N) is 1. The minimum absolute atomic E-state index is 0.177. The Morgan fingerprint density at radius 3 is 2.63 bits per heavy atom. The summed E-state index contributed by atoms with van der Waals surface area (Å²) in [4.78, 5) is 22.3. The topological polar surface area (TPSA) is 70.5 Å². The fourth-order valence-corrected chi connectivity index (χ4v) is 3.84. The summed E-state index contributed by atoms with van der Waals surface area (Å²) >= 11 is 1.43. The number of aromatic nitrogens is 2.